The highest BCUT2D eigenvalue weighted by Crippen LogP contribution is 2.32. The summed E-state index contributed by atoms with van der Waals surface area (Å²) in [6.45, 7) is 0.452. The zero-order valence-electron chi connectivity index (χ0n) is 16.6. The van der Waals surface area contributed by atoms with Gasteiger partial charge >= 0.3 is 6.18 Å². The molecule has 0 radical (unpaired) electrons. The van der Waals surface area contributed by atoms with Crippen molar-refractivity contribution < 1.29 is 17.9 Å². The molecule has 0 fully saturated rings. The summed E-state index contributed by atoms with van der Waals surface area (Å²) in [6.07, 6.45) is -4.43. The topological polar surface area (TPSA) is 59.1 Å². The van der Waals surface area contributed by atoms with Crippen molar-refractivity contribution >= 4 is 28.4 Å². The van der Waals surface area contributed by atoms with Gasteiger partial charge in [0.25, 0.3) is 0 Å². The van der Waals surface area contributed by atoms with E-state index in [0.717, 1.165) is 28.8 Å². The van der Waals surface area contributed by atoms with Gasteiger partial charge in [0.05, 0.1) is 18.2 Å². The van der Waals surface area contributed by atoms with Crippen molar-refractivity contribution in [3.63, 3.8) is 0 Å². The summed E-state index contributed by atoms with van der Waals surface area (Å²) in [5.41, 5.74) is 1.11. The molecule has 1 aromatic heterocycles. The van der Waals surface area contributed by atoms with Crippen molar-refractivity contribution in [1.29, 1.82) is 0 Å². The van der Waals surface area contributed by atoms with Gasteiger partial charge in [0, 0.05) is 23.2 Å². The fourth-order valence-corrected chi connectivity index (χ4v) is 3.20. The fourth-order valence-electron chi connectivity index (χ4n) is 3.20. The molecule has 158 valence electrons. The number of anilines is 3. The van der Waals surface area contributed by atoms with Crippen molar-refractivity contribution in [2.45, 2.75) is 12.7 Å². The molecule has 3 aromatic carbocycles. The van der Waals surface area contributed by atoms with E-state index in [9.17, 15) is 13.2 Å². The summed E-state index contributed by atoms with van der Waals surface area (Å²) in [4.78, 5) is 8.95. The molecule has 8 heteroatoms. The number of ether oxygens (including phenoxy) is 1. The minimum Gasteiger partial charge on any atom is -0.496 e. The third kappa shape index (κ3) is 4.69. The maximum absolute atomic E-state index is 13.0. The summed E-state index contributed by atoms with van der Waals surface area (Å²) >= 11 is 0. The van der Waals surface area contributed by atoms with Gasteiger partial charge in [-0.05, 0) is 36.4 Å². The Morgan fingerprint density at radius 2 is 1.68 bits per heavy atom. The molecule has 5 nitrogen and oxygen atoms in total. The third-order valence-corrected chi connectivity index (χ3v) is 4.69. The predicted molar refractivity (Wildman–Crippen MR) is 115 cm³/mol. The van der Waals surface area contributed by atoms with Gasteiger partial charge < -0.3 is 15.4 Å². The molecular formula is C23H19F3N4O. The van der Waals surface area contributed by atoms with Crippen LogP contribution in [-0.2, 0) is 12.7 Å². The van der Waals surface area contributed by atoms with Crippen LogP contribution < -0.4 is 15.4 Å². The number of methoxy groups -OCH3 is 1. The quantitative estimate of drug-likeness (QED) is 0.397. The van der Waals surface area contributed by atoms with Crippen LogP contribution in [0.1, 0.15) is 11.1 Å². The largest absolute Gasteiger partial charge is 0.496 e. The maximum atomic E-state index is 13.0. The minimum absolute atomic E-state index is 0.195. The third-order valence-electron chi connectivity index (χ3n) is 4.69. The van der Waals surface area contributed by atoms with Crippen LogP contribution in [0.15, 0.2) is 72.8 Å². The van der Waals surface area contributed by atoms with Crippen LogP contribution in [-0.4, -0.2) is 17.1 Å². The lowest BCUT2D eigenvalue weighted by atomic mass is 10.2. The number of hydrogen-bond acceptors (Lipinski definition) is 5. The number of alkyl halides is 3. The average Bonchev–Trinajstić information content (AvgIpc) is 2.77. The van der Waals surface area contributed by atoms with Crippen LogP contribution in [0.5, 0.6) is 5.75 Å². The van der Waals surface area contributed by atoms with Crippen molar-refractivity contribution in [2.24, 2.45) is 0 Å². The van der Waals surface area contributed by atoms with Gasteiger partial charge in [-0.25, -0.2) is 4.98 Å². The van der Waals surface area contributed by atoms with Gasteiger partial charge in [-0.15, -0.1) is 0 Å². The molecule has 0 bridgehead atoms. The summed E-state index contributed by atoms with van der Waals surface area (Å²) < 4.78 is 44.5. The molecule has 0 spiro atoms. The van der Waals surface area contributed by atoms with E-state index in [1.54, 1.807) is 7.11 Å². The van der Waals surface area contributed by atoms with Gasteiger partial charge in [-0.2, -0.15) is 18.2 Å². The molecule has 4 rings (SSSR count). The number of nitrogens with zero attached hydrogens (tertiary/aromatic N) is 2. The summed E-state index contributed by atoms with van der Waals surface area (Å²) in [5.74, 6) is 1.50. The lowest BCUT2D eigenvalue weighted by Crippen LogP contribution is -2.08. The fraction of sp³-hybridized carbons (Fsp3) is 0.130. The number of nitrogens with one attached hydrogen (secondary N) is 2. The second kappa shape index (κ2) is 8.51. The molecule has 0 aliphatic heterocycles. The zero-order valence-corrected chi connectivity index (χ0v) is 16.6. The first kappa shape index (κ1) is 20.5. The zero-order chi connectivity index (χ0) is 21.8. The first-order valence-corrected chi connectivity index (χ1v) is 9.51. The predicted octanol–water partition coefficient (Wildman–Crippen LogP) is 6.01. The van der Waals surface area contributed by atoms with Gasteiger partial charge in [0.1, 0.15) is 11.6 Å². The molecule has 0 unspecified atom stereocenters. The van der Waals surface area contributed by atoms with E-state index in [-0.39, 0.29) is 11.6 Å². The first-order chi connectivity index (χ1) is 14.9. The van der Waals surface area contributed by atoms with Gasteiger partial charge in [-0.1, -0.05) is 36.4 Å². The Morgan fingerprint density at radius 1 is 0.903 bits per heavy atom. The van der Waals surface area contributed by atoms with Crippen molar-refractivity contribution in [2.75, 3.05) is 17.7 Å². The molecule has 0 atom stereocenters. The van der Waals surface area contributed by atoms with Crippen LogP contribution in [0.25, 0.3) is 10.9 Å². The Labute approximate surface area is 176 Å². The van der Waals surface area contributed by atoms with E-state index in [0.29, 0.717) is 17.9 Å². The number of fused-ring (bicyclic) bond motifs is 1. The van der Waals surface area contributed by atoms with E-state index < -0.39 is 11.7 Å². The highest BCUT2D eigenvalue weighted by Gasteiger charge is 2.30. The van der Waals surface area contributed by atoms with Gasteiger partial charge in [-0.3, -0.25) is 0 Å². The molecule has 31 heavy (non-hydrogen) atoms. The molecule has 4 aromatic rings. The number of rotatable bonds is 6. The average molecular weight is 424 g/mol. The second-order valence-corrected chi connectivity index (χ2v) is 6.78. The van der Waals surface area contributed by atoms with Crippen LogP contribution in [0, 0.1) is 0 Å². The number of aromatic nitrogens is 2. The lowest BCUT2D eigenvalue weighted by Gasteiger charge is -2.14. The van der Waals surface area contributed by atoms with Crippen molar-refractivity contribution in [1.82, 2.24) is 9.97 Å². The van der Waals surface area contributed by atoms with Crippen molar-refractivity contribution in [3.8, 4) is 5.75 Å². The second-order valence-electron chi connectivity index (χ2n) is 6.78. The van der Waals surface area contributed by atoms with Crippen molar-refractivity contribution in [3.05, 3.63) is 83.9 Å². The first-order valence-electron chi connectivity index (χ1n) is 9.51. The van der Waals surface area contributed by atoms with Gasteiger partial charge in [0.15, 0.2) is 0 Å². The Kier molecular flexibility index (Phi) is 5.62. The molecular weight excluding hydrogens is 405 g/mol. The molecule has 0 amide bonds. The molecule has 2 N–H and O–H groups in total. The van der Waals surface area contributed by atoms with Crippen LogP contribution in [0.4, 0.5) is 30.6 Å². The Bertz CT molecular complexity index is 1210. The Morgan fingerprint density at radius 3 is 2.48 bits per heavy atom. The minimum atomic E-state index is -4.43. The maximum Gasteiger partial charge on any atom is 0.416 e. The van der Waals surface area contributed by atoms with Crippen LogP contribution >= 0.6 is 0 Å². The van der Waals surface area contributed by atoms with Crippen LogP contribution in [0.2, 0.25) is 0 Å². The van der Waals surface area contributed by atoms with E-state index >= 15 is 0 Å². The monoisotopic (exact) mass is 424 g/mol. The smallest absolute Gasteiger partial charge is 0.416 e. The highest BCUT2D eigenvalue weighted by atomic mass is 19.4. The Balaban J connectivity index is 1.65. The standard InChI is InChI=1S/C23H19F3N4O/c1-31-20-12-5-2-7-15(20)14-27-21-18-10-3-4-11-19(18)29-22(30-21)28-17-9-6-8-16(13-17)23(24,25)26/h2-13H,14H2,1H3,(H2,27,28,29,30). The van der Waals surface area contributed by atoms with Gasteiger partial charge in [0.2, 0.25) is 5.95 Å². The summed E-state index contributed by atoms with van der Waals surface area (Å²) in [5, 5.41) is 6.97. The molecule has 0 aliphatic rings. The normalized spacial score (nSPS) is 11.4. The summed E-state index contributed by atoms with van der Waals surface area (Å²) in [7, 11) is 1.61. The number of hydrogen-bond donors (Lipinski definition) is 2. The van der Waals surface area contributed by atoms with E-state index in [1.807, 2.05) is 48.5 Å². The molecule has 0 aliphatic carbocycles. The van der Waals surface area contributed by atoms with E-state index in [2.05, 4.69) is 20.6 Å². The molecule has 0 saturated heterocycles. The van der Waals surface area contributed by atoms with E-state index in [1.165, 1.54) is 12.1 Å². The molecule has 0 saturated carbocycles. The Hall–Kier alpha value is -3.81. The number of halogens is 3. The molecule has 1 heterocycles. The SMILES string of the molecule is COc1ccccc1CNc1nc(Nc2cccc(C(F)(F)F)c2)nc2ccccc12. The highest BCUT2D eigenvalue weighted by molar-refractivity contribution is 5.90. The lowest BCUT2D eigenvalue weighted by molar-refractivity contribution is -0.137. The van der Waals surface area contributed by atoms with E-state index in [4.69, 9.17) is 4.74 Å². The number of benzene rings is 3. The van der Waals surface area contributed by atoms with Crippen LogP contribution in [0.3, 0.4) is 0 Å². The number of para-hydroxylation sites is 2. The summed E-state index contributed by atoms with van der Waals surface area (Å²) in [6, 6.07) is 20.0.